The number of hydrogen-bond donors (Lipinski definition) is 1. The van der Waals surface area contributed by atoms with Gasteiger partial charge in [0.2, 0.25) is 5.91 Å². The second-order valence-corrected chi connectivity index (χ2v) is 7.27. The molecule has 0 radical (unpaired) electrons. The molecule has 10 heteroatoms. The molecular weight excluding hydrogens is 396 g/mol. The summed E-state index contributed by atoms with van der Waals surface area (Å²) in [4.78, 5) is 31.7. The molecule has 0 spiro atoms. The molecule has 1 aliphatic rings. The third-order valence-corrected chi connectivity index (χ3v) is 5.08. The van der Waals surface area contributed by atoms with E-state index in [1.54, 1.807) is 24.4 Å². The molecule has 0 saturated carbocycles. The summed E-state index contributed by atoms with van der Waals surface area (Å²) in [6.07, 6.45) is 5.12. The van der Waals surface area contributed by atoms with Crippen LogP contribution in [0.3, 0.4) is 0 Å². The molecule has 9 nitrogen and oxygen atoms in total. The number of fused-ring (bicyclic) bond motifs is 1. The number of halogens is 1. The Morgan fingerprint density at radius 2 is 2.03 bits per heavy atom. The largest absolute Gasteiger partial charge is 0.495 e. The standard InChI is InChI=1S/C19H21ClN6O3/c1-29-15-6-5-13(20)11-14(15)21-17(27)12-26-19(28)25-10-7-16(22-18(25)23-26)24-8-3-2-4-9-24/h5-7,10-11H,2-4,8-9,12H2,1H3,(H,21,27). The summed E-state index contributed by atoms with van der Waals surface area (Å²) in [7, 11) is 1.50. The molecule has 1 aliphatic heterocycles. The van der Waals surface area contributed by atoms with Gasteiger partial charge in [-0.3, -0.25) is 4.79 Å². The van der Waals surface area contributed by atoms with Gasteiger partial charge < -0.3 is 15.0 Å². The molecule has 0 unspecified atom stereocenters. The number of nitrogens with zero attached hydrogens (tertiary/aromatic N) is 5. The number of nitrogens with one attached hydrogen (secondary N) is 1. The van der Waals surface area contributed by atoms with Crippen LogP contribution in [0.1, 0.15) is 19.3 Å². The van der Waals surface area contributed by atoms with Crippen molar-refractivity contribution in [3.63, 3.8) is 0 Å². The van der Waals surface area contributed by atoms with Crippen LogP contribution < -0.4 is 20.6 Å². The summed E-state index contributed by atoms with van der Waals surface area (Å²) in [5.74, 6) is 1.11. The molecule has 2 aromatic heterocycles. The maximum Gasteiger partial charge on any atom is 0.352 e. The summed E-state index contributed by atoms with van der Waals surface area (Å²) >= 11 is 5.98. The lowest BCUT2D eigenvalue weighted by Gasteiger charge is -2.27. The van der Waals surface area contributed by atoms with Crippen LogP contribution in [0, 0.1) is 0 Å². The van der Waals surface area contributed by atoms with Gasteiger partial charge in [-0.1, -0.05) is 11.6 Å². The van der Waals surface area contributed by atoms with Crippen molar-refractivity contribution in [1.82, 2.24) is 19.2 Å². The fraction of sp³-hybridized carbons (Fsp3) is 0.368. The highest BCUT2D eigenvalue weighted by atomic mass is 35.5. The number of anilines is 2. The Labute approximate surface area is 171 Å². The van der Waals surface area contributed by atoms with Gasteiger partial charge in [0.25, 0.3) is 5.78 Å². The number of carbonyl (C=O) groups excluding carboxylic acids is 1. The molecular formula is C19H21ClN6O3. The van der Waals surface area contributed by atoms with Crippen molar-refractivity contribution < 1.29 is 9.53 Å². The third kappa shape index (κ3) is 4.04. The average Bonchev–Trinajstić information content (AvgIpc) is 3.03. The average molecular weight is 417 g/mol. The smallest absolute Gasteiger partial charge is 0.352 e. The van der Waals surface area contributed by atoms with Gasteiger partial charge >= 0.3 is 5.69 Å². The van der Waals surface area contributed by atoms with E-state index in [2.05, 4.69) is 20.3 Å². The zero-order valence-corrected chi connectivity index (χ0v) is 16.7. The topological polar surface area (TPSA) is 93.8 Å². The lowest BCUT2D eigenvalue weighted by molar-refractivity contribution is -0.117. The predicted molar refractivity (Wildman–Crippen MR) is 110 cm³/mol. The Bertz CT molecular complexity index is 1100. The van der Waals surface area contributed by atoms with Crippen molar-refractivity contribution in [1.29, 1.82) is 0 Å². The number of piperidine rings is 1. The SMILES string of the molecule is COc1ccc(Cl)cc1NC(=O)Cn1nc2nc(N3CCCCC3)ccn2c1=O. The van der Waals surface area contributed by atoms with Crippen molar-refractivity contribution in [2.45, 2.75) is 25.8 Å². The maximum atomic E-state index is 12.6. The van der Waals surface area contributed by atoms with E-state index >= 15 is 0 Å². The van der Waals surface area contributed by atoms with E-state index in [0.29, 0.717) is 16.5 Å². The first kappa shape index (κ1) is 19.3. The fourth-order valence-electron chi connectivity index (χ4n) is 3.40. The molecule has 1 aromatic carbocycles. The van der Waals surface area contributed by atoms with Gasteiger partial charge in [0.1, 0.15) is 18.1 Å². The van der Waals surface area contributed by atoms with Gasteiger partial charge in [-0.15, -0.1) is 5.10 Å². The molecule has 1 fully saturated rings. The highest BCUT2D eigenvalue weighted by Crippen LogP contribution is 2.27. The summed E-state index contributed by atoms with van der Waals surface area (Å²) < 4.78 is 7.64. The number of carbonyl (C=O) groups is 1. The first-order valence-corrected chi connectivity index (χ1v) is 9.77. The summed E-state index contributed by atoms with van der Waals surface area (Å²) in [5, 5.41) is 7.38. The zero-order valence-electron chi connectivity index (χ0n) is 16.0. The highest BCUT2D eigenvalue weighted by molar-refractivity contribution is 6.31. The molecule has 0 atom stereocenters. The summed E-state index contributed by atoms with van der Waals surface area (Å²) in [6, 6.07) is 6.70. The van der Waals surface area contributed by atoms with Crippen molar-refractivity contribution >= 4 is 34.8 Å². The van der Waals surface area contributed by atoms with E-state index in [1.807, 2.05) is 6.07 Å². The third-order valence-electron chi connectivity index (χ3n) is 4.85. The van der Waals surface area contributed by atoms with Crippen molar-refractivity contribution in [3.8, 4) is 5.75 Å². The Kier molecular flexibility index (Phi) is 5.39. The fourth-order valence-corrected chi connectivity index (χ4v) is 3.57. The zero-order chi connectivity index (χ0) is 20.4. The summed E-state index contributed by atoms with van der Waals surface area (Å²) in [5.41, 5.74) is -0.00164. The van der Waals surface area contributed by atoms with Crippen LogP contribution >= 0.6 is 11.6 Å². The van der Waals surface area contributed by atoms with Crippen molar-refractivity contribution in [3.05, 3.63) is 46.0 Å². The van der Waals surface area contributed by atoms with Gasteiger partial charge in [-0.25, -0.2) is 13.9 Å². The Morgan fingerprint density at radius 3 is 2.79 bits per heavy atom. The van der Waals surface area contributed by atoms with Crippen LogP contribution in [-0.2, 0) is 11.3 Å². The van der Waals surface area contributed by atoms with Crippen LogP contribution in [0.4, 0.5) is 11.5 Å². The molecule has 3 aromatic rings. The first-order valence-electron chi connectivity index (χ1n) is 9.40. The van der Waals surface area contributed by atoms with Crippen molar-refractivity contribution in [2.24, 2.45) is 0 Å². The Hall–Kier alpha value is -3.07. The number of ether oxygens (including phenoxy) is 1. The lowest BCUT2D eigenvalue weighted by atomic mass is 10.1. The summed E-state index contributed by atoms with van der Waals surface area (Å²) in [6.45, 7) is 1.63. The predicted octanol–water partition coefficient (Wildman–Crippen LogP) is 2.18. The maximum absolute atomic E-state index is 12.6. The van der Waals surface area contributed by atoms with Gasteiger partial charge in [0, 0.05) is 24.3 Å². The molecule has 0 bridgehead atoms. The van der Waals surface area contributed by atoms with E-state index in [-0.39, 0.29) is 12.3 Å². The highest BCUT2D eigenvalue weighted by Gasteiger charge is 2.17. The van der Waals surface area contributed by atoms with Crippen LogP contribution in [0.5, 0.6) is 5.75 Å². The normalized spacial score (nSPS) is 14.2. The number of rotatable bonds is 5. The number of methoxy groups -OCH3 is 1. The first-order chi connectivity index (χ1) is 14.0. The van der Waals surface area contributed by atoms with Gasteiger partial charge in [-0.2, -0.15) is 4.98 Å². The minimum Gasteiger partial charge on any atom is -0.495 e. The molecule has 29 heavy (non-hydrogen) atoms. The molecule has 0 aliphatic carbocycles. The van der Waals surface area contributed by atoms with Crippen LogP contribution in [0.2, 0.25) is 5.02 Å². The number of hydrogen-bond acceptors (Lipinski definition) is 6. The van der Waals surface area contributed by atoms with E-state index in [9.17, 15) is 9.59 Å². The molecule has 1 saturated heterocycles. The van der Waals surface area contributed by atoms with E-state index < -0.39 is 11.6 Å². The van der Waals surface area contributed by atoms with Crippen LogP contribution in [0.15, 0.2) is 35.3 Å². The van der Waals surface area contributed by atoms with Crippen molar-refractivity contribution in [2.75, 3.05) is 30.4 Å². The van der Waals surface area contributed by atoms with Gasteiger partial charge in [-0.05, 0) is 43.5 Å². The lowest BCUT2D eigenvalue weighted by Crippen LogP contribution is -2.30. The molecule has 1 N–H and O–H groups in total. The van der Waals surface area contributed by atoms with Gasteiger partial charge in [0.15, 0.2) is 0 Å². The Morgan fingerprint density at radius 1 is 1.24 bits per heavy atom. The van der Waals surface area contributed by atoms with Crippen LogP contribution in [0.25, 0.3) is 5.78 Å². The van der Waals surface area contributed by atoms with E-state index in [0.717, 1.165) is 36.4 Å². The molecule has 1 amide bonds. The Balaban J connectivity index is 1.54. The second kappa shape index (κ2) is 8.12. The quantitative estimate of drug-likeness (QED) is 0.685. The molecule has 3 heterocycles. The minimum absolute atomic E-state index is 0.253. The number of amides is 1. The molecule has 4 rings (SSSR count). The number of benzene rings is 1. The molecule has 152 valence electrons. The van der Waals surface area contributed by atoms with Crippen LogP contribution in [-0.4, -0.2) is 45.3 Å². The van der Waals surface area contributed by atoms with E-state index in [1.165, 1.54) is 17.9 Å². The minimum atomic E-state index is -0.425. The van der Waals surface area contributed by atoms with E-state index in [4.69, 9.17) is 16.3 Å². The number of aromatic nitrogens is 4. The van der Waals surface area contributed by atoms with Gasteiger partial charge in [0.05, 0.1) is 12.8 Å². The second-order valence-electron chi connectivity index (χ2n) is 6.84. The monoisotopic (exact) mass is 416 g/mol.